The summed E-state index contributed by atoms with van der Waals surface area (Å²) in [6.45, 7) is 9.37. The van der Waals surface area contributed by atoms with Crippen molar-refractivity contribution in [1.82, 2.24) is 5.32 Å². The molecule has 0 spiro atoms. The molecule has 0 saturated carbocycles. The Labute approximate surface area is 119 Å². The molecule has 90 valence electrons. The van der Waals surface area contributed by atoms with Gasteiger partial charge in [-0.15, -0.1) is 11.3 Å². The normalized spacial score (nSPS) is 12.8. The van der Waals surface area contributed by atoms with Crippen LogP contribution in [0.5, 0.6) is 0 Å². The Bertz CT molecular complexity index is 340. The number of nitrogens with one attached hydrogen (secondary N) is 1. The molecule has 1 rings (SSSR count). The van der Waals surface area contributed by atoms with Gasteiger partial charge in [-0.05, 0) is 57.3 Å². The molecule has 1 aromatic rings. The zero-order valence-electron chi connectivity index (χ0n) is 9.65. The first-order valence-electron chi connectivity index (χ1n) is 5.43. The van der Waals surface area contributed by atoms with Crippen LogP contribution in [0.15, 0.2) is 26.5 Å². The van der Waals surface area contributed by atoms with Gasteiger partial charge in [0.05, 0.1) is 3.79 Å². The van der Waals surface area contributed by atoms with E-state index in [2.05, 4.69) is 63.7 Å². The second-order valence-electron chi connectivity index (χ2n) is 3.69. The molecule has 1 atom stereocenters. The summed E-state index contributed by atoms with van der Waals surface area (Å²) in [6, 6.07) is 2.58. The molecule has 1 nitrogen and oxygen atoms in total. The van der Waals surface area contributed by atoms with Gasteiger partial charge in [-0.3, -0.25) is 0 Å². The highest BCUT2D eigenvalue weighted by Gasteiger charge is 2.15. The summed E-state index contributed by atoms with van der Waals surface area (Å²) in [7, 11) is 0. The van der Waals surface area contributed by atoms with Crippen molar-refractivity contribution in [2.24, 2.45) is 0 Å². The fourth-order valence-electron chi connectivity index (χ4n) is 1.49. The van der Waals surface area contributed by atoms with E-state index in [1.54, 1.807) is 11.3 Å². The zero-order valence-corrected chi connectivity index (χ0v) is 13.6. The second kappa shape index (κ2) is 6.94. The summed E-state index contributed by atoms with van der Waals surface area (Å²) in [4.78, 5) is 1.36. The first-order chi connectivity index (χ1) is 7.58. The maximum absolute atomic E-state index is 4.09. The standard InChI is InChI=1S/C12H17Br2NS/c1-4-8(3)6-10(15-5-2)11-7-9(13)12(14)16-11/h7,10,15H,3-6H2,1-2H3. The average Bonchev–Trinajstić information content (AvgIpc) is 2.58. The third kappa shape index (κ3) is 3.99. The van der Waals surface area contributed by atoms with Crippen LogP contribution in [0.25, 0.3) is 0 Å². The lowest BCUT2D eigenvalue weighted by Gasteiger charge is -2.17. The summed E-state index contributed by atoms with van der Waals surface area (Å²) in [5.41, 5.74) is 1.30. The molecule has 0 amide bonds. The quantitative estimate of drug-likeness (QED) is 0.675. The SMILES string of the molecule is C=C(CC)CC(NCC)c1cc(Br)c(Br)s1. The van der Waals surface area contributed by atoms with Crippen LogP contribution in [0.3, 0.4) is 0 Å². The molecule has 0 saturated heterocycles. The Hall–Kier alpha value is 0.360. The second-order valence-corrected chi connectivity index (χ2v) is 6.94. The van der Waals surface area contributed by atoms with E-state index in [1.165, 1.54) is 10.5 Å². The van der Waals surface area contributed by atoms with Gasteiger partial charge in [0.15, 0.2) is 0 Å². The van der Waals surface area contributed by atoms with Crippen LogP contribution >= 0.6 is 43.2 Å². The highest BCUT2D eigenvalue weighted by atomic mass is 79.9. The zero-order chi connectivity index (χ0) is 12.1. The van der Waals surface area contributed by atoms with Gasteiger partial charge in [0.2, 0.25) is 0 Å². The Kier molecular flexibility index (Phi) is 6.26. The minimum Gasteiger partial charge on any atom is -0.309 e. The van der Waals surface area contributed by atoms with Crippen LogP contribution in [0.4, 0.5) is 0 Å². The Balaban J connectivity index is 2.80. The molecule has 0 aliphatic heterocycles. The third-order valence-electron chi connectivity index (χ3n) is 2.45. The fraction of sp³-hybridized carbons (Fsp3) is 0.500. The molecule has 4 heteroatoms. The van der Waals surface area contributed by atoms with Crippen LogP contribution in [-0.4, -0.2) is 6.54 Å². The summed E-state index contributed by atoms with van der Waals surface area (Å²) in [5.74, 6) is 0. The van der Waals surface area contributed by atoms with Gasteiger partial charge in [0.1, 0.15) is 0 Å². The Morgan fingerprint density at radius 3 is 2.62 bits per heavy atom. The molecule has 1 heterocycles. The number of halogens is 2. The molecule has 1 N–H and O–H groups in total. The maximum atomic E-state index is 4.09. The Morgan fingerprint density at radius 1 is 1.50 bits per heavy atom. The molecule has 0 radical (unpaired) electrons. The first kappa shape index (κ1) is 14.4. The minimum absolute atomic E-state index is 0.394. The monoisotopic (exact) mass is 365 g/mol. The van der Waals surface area contributed by atoms with E-state index in [0.717, 1.165) is 27.6 Å². The number of hydrogen-bond donors (Lipinski definition) is 1. The van der Waals surface area contributed by atoms with Gasteiger partial charge in [0, 0.05) is 15.4 Å². The lowest BCUT2D eigenvalue weighted by molar-refractivity contribution is 0.551. The number of hydrogen-bond acceptors (Lipinski definition) is 2. The molecule has 16 heavy (non-hydrogen) atoms. The molecule has 0 aromatic carbocycles. The minimum atomic E-state index is 0.394. The highest BCUT2D eigenvalue weighted by molar-refractivity contribution is 9.13. The van der Waals surface area contributed by atoms with Gasteiger partial charge in [-0.1, -0.05) is 26.0 Å². The molecule has 1 aromatic heterocycles. The van der Waals surface area contributed by atoms with E-state index >= 15 is 0 Å². The van der Waals surface area contributed by atoms with Crippen molar-refractivity contribution in [3.63, 3.8) is 0 Å². The Morgan fingerprint density at radius 2 is 2.19 bits per heavy atom. The predicted octanol–water partition coefficient (Wildman–Crippen LogP) is 5.28. The number of rotatable bonds is 6. The molecule has 0 fully saturated rings. The summed E-state index contributed by atoms with van der Waals surface area (Å²) in [5, 5.41) is 3.51. The van der Waals surface area contributed by atoms with Crippen molar-refractivity contribution in [3.05, 3.63) is 31.4 Å². The van der Waals surface area contributed by atoms with E-state index < -0.39 is 0 Å². The fourth-order valence-corrected chi connectivity index (χ4v) is 3.65. The van der Waals surface area contributed by atoms with Crippen molar-refractivity contribution in [2.45, 2.75) is 32.7 Å². The van der Waals surface area contributed by atoms with Gasteiger partial charge in [-0.2, -0.15) is 0 Å². The van der Waals surface area contributed by atoms with Crippen molar-refractivity contribution in [2.75, 3.05) is 6.54 Å². The van der Waals surface area contributed by atoms with E-state index in [4.69, 9.17) is 0 Å². The van der Waals surface area contributed by atoms with E-state index in [9.17, 15) is 0 Å². The smallest absolute Gasteiger partial charge is 0.0843 e. The molecule has 0 aliphatic rings. The van der Waals surface area contributed by atoms with Crippen LogP contribution in [-0.2, 0) is 0 Å². The van der Waals surface area contributed by atoms with Gasteiger partial charge in [0.25, 0.3) is 0 Å². The largest absolute Gasteiger partial charge is 0.309 e. The molecular weight excluding hydrogens is 350 g/mol. The molecule has 0 aliphatic carbocycles. The molecular formula is C12H17Br2NS. The summed E-state index contributed by atoms with van der Waals surface area (Å²) < 4.78 is 2.30. The predicted molar refractivity (Wildman–Crippen MR) is 80.2 cm³/mol. The highest BCUT2D eigenvalue weighted by Crippen LogP contribution is 2.37. The van der Waals surface area contributed by atoms with Crippen molar-refractivity contribution < 1.29 is 0 Å². The van der Waals surface area contributed by atoms with Gasteiger partial charge >= 0.3 is 0 Å². The maximum Gasteiger partial charge on any atom is 0.0843 e. The van der Waals surface area contributed by atoms with Crippen molar-refractivity contribution in [1.29, 1.82) is 0 Å². The van der Waals surface area contributed by atoms with Crippen molar-refractivity contribution >= 4 is 43.2 Å². The topological polar surface area (TPSA) is 12.0 Å². The summed E-state index contributed by atoms with van der Waals surface area (Å²) >= 11 is 8.85. The average molecular weight is 367 g/mol. The van der Waals surface area contributed by atoms with Crippen LogP contribution in [0, 0.1) is 0 Å². The van der Waals surface area contributed by atoms with Crippen LogP contribution < -0.4 is 5.32 Å². The van der Waals surface area contributed by atoms with Crippen LogP contribution in [0.1, 0.15) is 37.6 Å². The lowest BCUT2D eigenvalue weighted by atomic mass is 10.0. The van der Waals surface area contributed by atoms with Crippen molar-refractivity contribution in [3.8, 4) is 0 Å². The summed E-state index contributed by atoms with van der Waals surface area (Å²) in [6.07, 6.45) is 2.07. The lowest BCUT2D eigenvalue weighted by Crippen LogP contribution is -2.20. The van der Waals surface area contributed by atoms with E-state index in [0.29, 0.717) is 6.04 Å². The van der Waals surface area contributed by atoms with Crippen LogP contribution in [0.2, 0.25) is 0 Å². The van der Waals surface area contributed by atoms with E-state index in [1.807, 2.05) is 0 Å². The van der Waals surface area contributed by atoms with Gasteiger partial charge in [-0.25, -0.2) is 0 Å². The first-order valence-corrected chi connectivity index (χ1v) is 7.83. The third-order valence-corrected chi connectivity index (χ3v) is 5.82. The van der Waals surface area contributed by atoms with Gasteiger partial charge < -0.3 is 5.32 Å². The molecule has 0 bridgehead atoms. The van der Waals surface area contributed by atoms with E-state index in [-0.39, 0.29) is 0 Å². The number of thiophene rings is 1. The molecule has 1 unspecified atom stereocenters.